The quantitative estimate of drug-likeness (QED) is 0.313. The normalized spacial score (nSPS) is 13.5. The zero-order chi connectivity index (χ0) is 14.3. The van der Waals surface area contributed by atoms with E-state index in [1.54, 1.807) is 0 Å². The summed E-state index contributed by atoms with van der Waals surface area (Å²) >= 11 is 0. The molecule has 0 aliphatic carbocycles. The summed E-state index contributed by atoms with van der Waals surface area (Å²) in [6, 6.07) is -0.284. The second kappa shape index (κ2) is 7.30. The van der Waals surface area contributed by atoms with Crippen molar-refractivity contribution in [2.24, 2.45) is 5.73 Å². The van der Waals surface area contributed by atoms with E-state index >= 15 is 0 Å². The second-order valence-corrected chi connectivity index (χ2v) is 4.29. The summed E-state index contributed by atoms with van der Waals surface area (Å²) in [5.74, 6) is -0.801. The van der Waals surface area contributed by atoms with Crippen LogP contribution in [0.1, 0.15) is 37.8 Å². The van der Waals surface area contributed by atoms with Gasteiger partial charge in [-0.2, -0.15) is 15.4 Å². The van der Waals surface area contributed by atoms with Crippen molar-refractivity contribution in [2.75, 3.05) is 0 Å². The molecule has 0 aliphatic heterocycles. The van der Waals surface area contributed by atoms with Crippen molar-refractivity contribution in [3.8, 4) is 0 Å². The van der Waals surface area contributed by atoms with Crippen LogP contribution in [0.4, 0.5) is 0 Å². The molecule has 0 aromatic carbocycles. The van der Waals surface area contributed by atoms with Gasteiger partial charge >= 0.3 is 0 Å². The van der Waals surface area contributed by atoms with Crippen LogP contribution in [-0.4, -0.2) is 33.2 Å². The Balaban J connectivity index is 2.93. The van der Waals surface area contributed by atoms with Gasteiger partial charge in [0.1, 0.15) is 5.84 Å². The molecule has 0 radical (unpaired) electrons. The largest absolute Gasteiger partial charge is 0.387 e. The molecule has 0 aliphatic rings. The molecule has 0 fully saturated rings. The molecular formula is C12H20N6O. The van der Waals surface area contributed by atoms with E-state index in [1.165, 1.54) is 12.3 Å². The van der Waals surface area contributed by atoms with Crippen LogP contribution in [0.25, 0.3) is 0 Å². The third-order valence-electron chi connectivity index (χ3n) is 2.87. The summed E-state index contributed by atoms with van der Waals surface area (Å²) in [4.78, 5) is 11.5. The molecule has 2 atom stereocenters. The molecule has 19 heavy (non-hydrogen) atoms. The zero-order valence-corrected chi connectivity index (χ0v) is 11.0. The highest BCUT2D eigenvalue weighted by Gasteiger charge is 2.28. The van der Waals surface area contributed by atoms with Gasteiger partial charge in [0.15, 0.2) is 0 Å². The van der Waals surface area contributed by atoms with Crippen molar-refractivity contribution in [1.29, 1.82) is 5.41 Å². The lowest BCUT2D eigenvalue weighted by molar-refractivity contribution is -0.117. The van der Waals surface area contributed by atoms with Gasteiger partial charge in [-0.25, -0.2) is 0 Å². The van der Waals surface area contributed by atoms with E-state index in [-0.39, 0.29) is 17.8 Å². The zero-order valence-electron chi connectivity index (χ0n) is 11.0. The Morgan fingerprint density at radius 2 is 2.47 bits per heavy atom. The fourth-order valence-corrected chi connectivity index (χ4v) is 1.93. The van der Waals surface area contributed by atoms with Crippen LogP contribution < -0.4 is 11.1 Å². The average Bonchev–Trinajstić information content (AvgIpc) is 2.88. The SMILES string of the molecule is C=CC(=O)NC(CCCC)C(C(=N)N)c1cn[nH]n1. The predicted octanol–water partition coefficient (Wildman–Crippen LogP) is 0.685. The number of amidine groups is 1. The third kappa shape index (κ3) is 4.20. The molecule has 1 rings (SSSR count). The Hall–Kier alpha value is -2.18. The maximum Gasteiger partial charge on any atom is 0.243 e. The highest BCUT2D eigenvalue weighted by atomic mass is 16.1. The molecule has 0 saturated heterocycles. The van der Waals surface area contributed by atoms with Crippen LogP contribution in [0, 0.1) is 5.41 Å². The van der Waals surface area contributed by atoms with E-state index in [1.807, 2.05) is 0 Å². The molecule has 0 bridgehead atoms. The number of hydrogen-bond donors (Lipinski definition) is 4. The number of nitrogens with two attached hydrogens (primary N) is 1. The molecule has 1 amide bonds. The lowest BCUT2D eigenvalue weighted by atomic mass is 9.91. The number of aromatic amines is 1. The first-order valence-corrected chi connectivity index (χ1v) is 6.22. The Morgan fingerprint density at radius 1 is 1.74 bits per heavy atom. The van der Waals surface area contributed by atoms with Gasteiger partial charge in [-0.05, 0) is 12.5 Å². The Labute approximate surface area is 112 Å². The average molecular weight is 264 g/mol. The lowest BCUT2D eigenvalue weighted by Crippen LogP contribution is -2.43. The van der Waals surface area contributed by atoms with Gasteiger partial charge in [0.25, 0.3) is 0 Å². The lowest BCUT2D eigenvalue weighted by Gasteiger charge is -2.25. The fraction of sp³-hybridized carbons (Fsp3) is 0.500. The number of amides is 1. The predicted molar refractivity (Wildman–Crippen MR) is 72.7 cm³/mol. The van der Waals surface area contributed by atoms with Crippen LogP contribution in [0.3, 0.4) is 0 Å². The summed E-state index contributed by atoms with van der Waals surface area (Å²) in [7, 11) is 0. The summed E-state index contributed by atoms with van der Waals surface area (Å²) in [5.41, 5.74) is 6.20. The highest BCUT2D eigenvalue weighted by molar-refractivity contribution is 5.89. The molecule has 7 heteroatoms. The second-order valence-electron chi connectivity index (χ2n) is 4.29. The Bertz CT molecular complexity index is 427. The number of unbranched alkanes of at least 4 members (excludes halogenated alkanes) is 1. The molecule has 5 N–H and O–H groups in total. The summed E-state index contributed by atoms with van der Waals surface area (Å²) in [6.45, 7) is 5.49. The molecule has 1 aromatic rings. The molecular weight excluding hydrogens is 244 g/mol. The minimum Gasteiger partial charge on any atom is -0.387 e. The summed E-state index contributed by atoms with van der Waals surface area (Å²) in [5, 5.41) is 20.7. The standard InChI is InChI=1S/C12H20N6O/c1-3-5-6-8(16-10(19)4-2)11(12(13)14)9-7-15-18-17-9/h4,7-8,11H,2-3,5-6H2,1H3,(H3,13,14)(H,16,19)(H,15,17,18). The van der Waals surface area contributed by atoms with E-state index in [2.05, 4.69) is 34.2 Å². The van der Waals surface area contributed by atoms with Crippen molar-refractivity contribution in [3.05, 3.63) is 24.5 Å². The van der Waals surface area contributed by atoms with Gasteiger partial charge in [0, 0.05) is 6.04 Å². The molecule has 104 valence electrons. The van der Waals surface area contributed by atoms with Crippen LogP contribution in [0.5, 0.6) is 0 Å². The van der Waals surface area contributed by atoms with E-state index in [0.29, 0.717) is 12.1 Å². The van der Waals surface area contributed by atoms with Crippen molar-refractivity contribution in [2.45, 2.75) is 38.1 Å². The first kappa shape index (κ1) is 14.9. The number of carbonyl (C=O) groups is 1. The number of aromatic nitrogens is 3. The first-order chi connectivity index (χ1) is 9.10. The molecule has 1 heterocycles. The fourth-order valence-electron chi connectivity index (χ4n) is 1.93. The number of carbonyl (C=O) groups excluding carboxylic acids is 1. The number of H-pyrrole nitrogens is 1. The van der Waals surface area contributed by atoms with Crippen LogP contribution in [0.15, 0.2) is 18.9 Å². The van der Waals surface area contributed by atoms with Gasteiger partial charge in [-0.3, -0.25) is 10.2 Å². The topological polar surface area (TPSA) is 121 Å². The molecule has 2 unspecified atom stereocenters. The van der Waals surface area contributed by atoms with Crippen molar-refractivity contribution >= 4 is 11.7 Å². The smallest absolute Gasteiger partial charge is 0.243 e. The van der Waals surface area contributed by atoms with Crippen molar-refractivity contribution in [3.63, 3.8) is 0 Å². The Morgan fingerprint density at radius 3 is 2.95 bits per heavy atom. The molecule has 0 saturated carbocycles. The maximum atomic E-state index is 11.5. The van der Waals surface area contributed by atoms with E-state index < -0.39 is 5.92 Å². The van der Waals surface area contributed by atoms with Crippen LogP contribution in [-0.2, 0) is 4.79 Å². The van der Waals surface area contributed by atoms with Gasteiger partial charge in [0.2, 0.25) is 5.91 Å². The summed E-state index contributed by atoms with van der Waals surface area (Å²) < 4.78 is 0. The highest BCUT2D eigenvalue weighted by Crippen LogP contribution is 2.21. The number of nitrogens with one attached hydrogen (secondary N) is 3. The Kier molecular flexibility index (Phi) is 5.72. The molecule has 7 nitrogen and oxygen atoms in total. The minimum absolute atomic E-state index is 0.0423. The first-order valence-electron chi connectivity index (χ1n) is 6.22. The molecule has 1 aromatic heterocycles. The maximum absolute atomic E-state index is 11.5. The number of hydrogen-bond acceptors (Lipinski definition) is 4. The van der Waals surface area contributed by atoms with E-state index in [0.717, 1.165) is 12.8 Å². The molecule has 0 spiro atoms. The summed E-state index contributed by atoms with van der Waals surface area (Å²) in [6.07, 6.45) is 5.35. The minimum atomic E-state index is -0.478. The van der Waals surface area contributed by atoms with Crippen molar-refractivity contribution in [1.82, 2.24) is 20.7 Å². The monoisotopic (exact) mass is 264 g/mol. The van der Waals surface area contributed by atoms with Gasteiger partial charge in [-0.15, -0.1) is 0 Å². The van der Waals surface area contributed by atoms with Crippen LogP contribution >= 0.6 is 0 Å². The van der Waals surface area contributed by atoms with Gasteiger partial charge in [0.05, 0.1) is 17.8 Å². The number of nitrogens with zero attached hydrogens (tertiary/aromatic N) is 2. The third-order valence-corrected chi connectivity index (χ3v) is 2.87. The van der Waals surface area contributed by atoms with E-state index in [9.17, 15) is 4.79 Å². The van der Waals surface area contributed by atoms with Gasteiger partial charge < -0.3 is 11.1 Å². The van der Waals surface area contributed by atoms with Crippen LogP contribution in [0.2, 0.25) is 0 Å². The van der Waals surface area contributed by atoms with Gasteiger partial charge in [-0.1, -0.05) is 26.3 Å². The number of rotatable bonds is 8. The van der Waals surface area contributed by atoms with Crippen molar-refractivity contribution < 1.29 is 4.79 Å². The van der Waals surface area contributed by atoms with E-state index in [4.69, 9.17) is 11.1 Å².